The molecule has 13 heteroatoms. The molecule has 0 spiro atoms. The lowest BCUT2D eigenvalue weighted by molar-refractivity contribution is 0.0880. The van der Waals surface area contributed by atoms with Crippen molar-refractivity contribution in [3.05, 3.63) is 78.9 Å². The Hall–Kier alpha value is -4.52. The molecule has 4 N–H and O–H groups in total. The topological polar surface area (TPSA) is 154 Å². The normalized spacial score (nSPS) is 14.9. The van der Waals surface area contributed by atoms with Crippen LogP contribution < -0.4 is 20.5 Å². The highest BCUT2D eigenvalue weighted by atomic mass is 32.2. The first-order valence-corrected chi connectivity index (χ1v) is 12.0. The molecule has 0 radical (unpaired) electrons. The number of amidine groups is 1. The van der Waals surface area contributed by atoms with Crippen LogP contribution in [-0.2, 0) is 11.2 Å². The van der Waals surface area contributed by atoms with Gasteiger partial charge in [-0.15, -0.1) is 0 Å². The number of aromatic nitrogens is 5. The van der Waals surface area contributed by atoms with Crippen molar-refractivity contribution < 1.29 is 13.7 Å². The van der Waals surface area contributed by atoms with Crippen molar-refractivity contribution in [1.29, 1.82) is 0 Å². The number of pyridine rings is 1. The van der Waals surface area contributed by atoms with Crippen LogP contribution in [0.1, 0.15) is 29.8 Å². The van der Waals surface area contributed by atoms with Crippen molar-refractivity contribution in [3.63, 3.8) is 0 Å². The number of benzene rings is 1. The number of nitrogens with zero attached hydrogens (tertiary/aromatic N) is 6. The Morgan fingerprint density at radius 2 is 1.81 bits per heavy atom. The van der Waals surface area contributed by atoms with Gasteiger partial charge in [0.05, 0.1) is 16.8 Å². The van der Waals surface area contributed by atoms with E-state index in [1.807, 2.05) is 13.8 Å². The van der Waals surface area contributed by atoms with Crippen molar-refractivity contribution in [1.82, 2.24) is 29.4 Å². The SMILES string of the molecule is CC(C)(COc1cccc2c1C(N)=NS(=O)N2)NC(=O)c1cc(-n2ccnc2)nc(-n2ccnc2)c1. The molecule has 0 bridgehead atoms. The van der Waals surface area contributed by atoms with Gasteiger partial charge in [0.25, 0.3) is 5.91 Å². The largest absolute Gasteiger partial charge is 0.490 e. The Labute approximate surface area is 209 Å². The predicted octanol–water partition coefficient (Wildman–Crippen LogP) is 1.75. The van der Waals surface area contributed by atoms with E-state index in [1.165, 1.54) is 0 Å². The summed E-state index contributed by atoms with van der Waals surface area (Å²) in [6.45, 7) is 3.83. The summed E-state index contributed by atoms with van der Waals surface area (Å²) in [7, 11) is 0. The highest BCUT2D eigenvalue weighted by molar-refractivity contribution is 7.85. The van der Waals surface area contributed by atoms with E-state index >= 15 is 0 Å². The summed E-state index contributed by atoms with van der Waals surface area (Å²) in [5.74, 6) is 1.35. The first-order chi connectivity index (χ1) is 17.3. The van der Waals surface area contributed by atoms with Crippen molar-refractivity contribution in [2.24, 2.45) is 10.1 Å². The number of amides is 1. The summed E-state index contributed by atoms with van der Waals surface area (Å²) in [4.78, 5) is 26.1. The third-order valence-corrected chi connectivity index (χ3v) is 6.06. The van der Waals surface area contributed by atoms with Crippen LogP contribution in [0.2, 0.25) is 0 Å². The Morgan fingerprint density at radius 3 is 2.42 bits per heavy atom. The summed E-state index contributed by atoms with van der Waals surface area (Å²) in [6, 6.07) is 8.62. The molecule has 4 aromatic rings. The molecule has 36 heavy (non-hydrogen) atoms. The number of ether oxygens (including phenoxy) is 1. The summed E-state index contributed by atoms with van der Waals surface area (Å²) >= 11 is -1.63. The lowest BCUT2D eigenvalue weighted by Crippen LogP contribution is -2.48. The zero-order chi connectivity index (χ0) is 25.3. The fraction of sp³-hybridized carbons (Fsp3) is 0.174. The van der Waals surface area contributed by atoms with E-state index in [1.54, 1.807) is 76.9 Å². The number of carbonyl (C=O) groups is 1. The van der Waals surface area contributed by atoms with E-state index < -0.39 is 16.7 Å². The summed E-state index contributed by atoms with van der Waals surface area (Å²) in [5.41, 5.74) is 6.74. The second kappa shape index (κ2) is 9.26. The Balaban J connectivity index is 1.36. The van der Waals surface area contributed by atoms with Gasteiger partial charge in [-0.1, -0.05) is 6.07 Å². The first kappa shape index (κ1) is 23.2. The van der Waals surface area contributed by atoms with Crippen LogP contribution in [0, 0.1) is 0 Å². The molecule has 1 amide bonds. The number of nitrogens with one attached hydrogen (secondary N) is 2. The maximum atomic E-state index is 13.3. The van der Waals surface area contributed by atoms with Gasteiger partial charge < -0.3 is 15.8 Å². The zero-order valence-corrected chi connectivity index (χ0v) is 20.3. The molecule has 3 aromatic heterocycles. The standard InChI is InChI=1S/C23H23N9O3S/c1-23(2,12-35-17-5-3-4-16-20(17)21(24)30-36(34)29-16)28-22(33)15-10-18(31-8-6-25-13-31)27-19(11-15)32-9-7-26-14-32/h3-11,13-14,29H,12H2,1-2H3,(H2,24,30)(H,28,33). The Bertz CT molecular complexity index is 1410. The molecule has 0 saturated heterocycles. The van der Waals surface area contributed by atoms with Crippen molar-refractivity contribution in [3.8, 4) is 17.4 Å². The predicted molar refractivity (Wildman–Crippen MR) is 134 cm³/mol. The van der Waals surface area contributed by atoms with Crippen LogP contribution in [0.4, 0.5) is 5.69 Å². The molecule has 12 nitrogen and oxygen atoms in total. The third kappa shape index (κ3) is 4.81. The minimum absolute atomic E-state index is 0.121. The minimum atomic E-state index is -1.63. The molecular formula is C23H23N9O3S. The molecular weight excluding hydrogens is 482 g/mol. The Kier molecular flexibility index (Phi) is 5.98. The van der Waals surface area contributed by atoms with Gasteiger partial charge in [0.15, 0.2) is 0 Å². The van der Waals surface area contributed by atoms with Gasteiger partial charge in [-0.05, 0) is 38.1 Å². The number of imidazole rings is 2. The number of anilines is 1. The van der Waals surface area contributed by atoms with E-state index in [0.29, 0.717) is 34.2 Å². The van der Waals surface area contributed by atoms with E-state index in [9.17, 15) is 9.00 Å². The molecule has 1 atom stereocenters. The lowest BCUT2D eigenvalue weighted by Gasteiger charge is -2.27. The van der Waals surface area contributed by atoms with Gasteiger partial charge in [0.2, 0.25) is 11.2 Å². The van der Waals surface area contributed by atoms with Crippen LogP contribution in [0.25, 0.3) is 11.6 Å². The molecule has 0 fully saturated rings. The fourth-order valence-corrected chi connectivity index (χ4v) is 4.29. The van der Waals surface area contributed by atoms with E-state index in [-0.39, 0.29) is 18.3 Å². The number of hydrogen-bond donors (Lipinski definition) is 3. The maximum absolute atomic E-state index is 13.3. The monoisotopic (exact) mass is 505 g/mol. The van der Waals surface area contributed by atoms with Gasteiger partial charge in [-0.25, -0.2) is 19.2 Å². The number of nitrogens with two attached hydrogens (primary N) is 1. The molecule has 184 valence electrons. The highest BCUT2D eigenvalue weighted by Gasteiger charge is 2.26. The molecule has 1 unspecified atom stereocenters. The smallest absolute Gasteiger partial charge is 0.252 e. The van der Waals surface area contributed by atoms with Crippen LogP contribution in [0.5, 0.6) is 5.75 Å². The average Bonchev–Trinajstić information content (AvgIpc) is 3.57. The van der Waals surface area contributed by atoms with Crippen LogP contribution in [-0.4, -0.2) is 52.2 Å². The van der Waals surface area contributed by atoms with Crippen molar-refractivity contribution in [2.75, 3.05) is 11.3 Å². The average molecular weight is 506 g/mol. The van der Waals surface area contributed by atoms with Gasteiger partial charge in [-0.2, -0.15) is 4.40 Å². The van der Waals surface area contributed by atoms with Gasteiger partial charge in [0.1, 0.15) is 42.5 Å². The van der Waals surface area contributed by atoms with Crippen molar-refractivity contribution >= 4 is 28.6 Å². The summed E-state index contributed by atoms with van der Waals surface area (Å²) in [6.07, 6.45) is 10.00. The lowest BCUT2D eigenvalue weighted by atomic mass is 10.1. The van der Waals surface area contributed by atoms with Crippen molar-refractivity contribution in [2.45, 2.75) is 19.4 Å². The van der Waals surface area contributed by atoms with E-state index in [4.69, 9.17) is 10.5 Å². The number of fused-ring (bicyclic) bond motifs is 1. The Morgan fingerprint density at radius 1 is 1.14 bits per heavy atom. The molecule has 0 saturated carbocycles. The fourth-order valence-electron chi connectivity index (χ4n) is 3.61. The highest BCUT2D eigenvalue weighted by Crippen LogP contribution is 2.30. The van der Waals surface area contributed by atoms with Crippen LogP contribution in [0.15, 0.2) is 72.2 Å². The van der Waals surface area contributed by atoms with Gasteiger partial charge in [0, 0.05) is 30.4 Å². The van der Waals surface area contributed by atoms with E-state index in [0.717, 1.165) is 0 Å². The first-order valence-electron chi connectivity index (χ1n) is 10.9. The number of carbonyl (C=O) groups excluding carboxylic acids is 1. The summed E-state index contributed by atoms with van der Waals surface area (Å²) in [5, 5.41) is 3.02. The molecule has 0 aliphatic carbocycles. The van der Waals surface area contributed by atoms with Gasteiger partial charge >= 0.3 is 0 Å². The second-order valence-electron chi connectivity index (χ2n) is 8.65. The number of rotatable bonds is 7. The van der Waals surface area contributed by atoms with E-state index in [2.05, 4.69) is 29.4 Å². The molecule has 1 aliphatic heterocycles. The quantitative estimate of drug-likeness (QED) is 0.346. The molecule has 5 rings (SSSR count). The molecule has 4 heterocycles. The second-order valence-corrected chi connectivity index (χ2v) is 9.53. The van der Waals surface area contributed by atoms with Gasteiger partial charge in [-0.3, -0.25) is 18.7 Å². The minimum Gasteiger partial charge on any atom is -0.490 e. The van der Waals surface area contributed by atoms with Crippen LogP contribution >= 0.6 is 0 Å². The number of hydrogen-bond acceptors (Lipinski definition) is 7. The summed E-state index contributed by atoms with van der Waals surface area (Å²) < 4.78 is 27.8. The third-order valence-electron chi connectivity index (χ3n) is 5.30. The molecule has 1 aliphatic rings. The van der Waals surface area contributed by atoms with Crippen LogP contribution in [0.3, 0.4) is 0 Å². The zero-order valence-electron chi connectivity index (χ0n) is 19.5. The molecule has 1 aromatic carbocycles. The maximum Gasteiger partial charge on any atom is 0.252 e.